The van der Waals surface area contributed by atoms with Crippen molar-refractivity contribution in [2.75, 3.05) is 0 Å². The van der Waals surface area contributed by atoms with Crippen LogP contribution in [0.5, 0.6) is 0 Å². The summed E-state index contributed by atoms with van der Waals surface area (Å²) in [7, 11) is 0. The van der Waals surface area contributed by atoms with Crippen LogP contribution in [0.4, 0.5) is 17.6 Å². The first-order valence-electron chi connectivity index (χ1n) is 9.12. The van der Waals surface area contributed by atoms with Crippen LogP contribution in [0.2, 0.25) is 0 Å². The predicted molar refractivity (Wildman–Crippen MR) is 107 cm³/mol. The van der Waals surface area contributed by atoms with Crippen LogP contribution < -0.4 is 22.3 Å². The summed E-state index contributed by atoms with van der Waals surface area (Å²) < 4.78 is 51.9. The number of carbonyl (C=O) groups is 1. The van der Waals surface area contributed by atoms with Crippen LogP contribution in [0.1, 0.15) is 23.6 Å². The summed E-state index contributed by atoms with van der Waals surface area (Å²) in [4.78, 5) is 47.6. The molecule has 1 aromatic carbocycles. The zero-order chi connectivity index (χ0) is 24.6. The van der Waals surface area contributed by atoms with Crippen molar-refractivity contribution in [3.8, 4) is 0 Å². The molecule has 2 heterocycles. The topological polar surface area (TPSA) is 166 Å². The van der Waals surface area contributed by atoms with Gasteiger partial charge in [0.2, 0.25) is 5.91 Å². The summed E-state index contributed by atoms with van der Waals surface area (Å²) in [6.45, 7) is 1.03. The number of hydrogen-bond acceptors (Lipinski definition) is 6. The van der Waals surface area contributed by atoms with Crippen molar-refractivity contribution in [1.29, 1.82) is 0 Å². The Bertz CT molecular complexity index is 1380. The van der Waals surface area contributed by atoms with Gasteiger partial charge in [-0.05, 0) is 24.6 Å². The Morgan fingerprint density at radius 3 is 2.58 bits per heavy atom. The molecule has 1 amide bonds. The summed E-state index contributed by atoms with van der Waals surface area (Å²) in [6.07, 6.45) is -2.89. The third-order valence-electron chi connectivity index (χ3n) is 4.50. The maximum atomic E-state index is 13.8. The summed E-state index contributed by atoms with van der Waals surface area (Å²) in [5.41, 5.74) is 0.205. The summed E-state index contributed by atoms with van der Waals surface area (Å²) in [5, 5.41) is 12.6. The molecule has 0 saturated heterocycles. The second kappa shape index (κ2) is 8.46. The Kier molecular flexibility index (Phi) is 6.05. The van der Waals surface area contributed by atoms with Crippen molar-refractivity contribution in [1.82, 2.24) is 20.3 Å². The van der Waals surface area contributed by atoms with Gasteiger partial charge in [-0.3, -0.25) is 24.9 Å². The van der Waals surface area contributed by atoms with Crippen molar-refractivity contribution in [3.05, 3.63) is 73.9 Å². The van der Waals surface area contributed by atoms with Crippen molar-refractivity contribution in [3.63, 3.8) is 0 Å². The third kappa shape index (κ3) is 5.23. The van der Waals surface area contributed by atoms with Gasteiger partial charge in [-0.2, -0.15) is 13.2 Å². The van der Waals surface area contributed by atoms with Crippen LogP contribution in [-0.2, 0) is 23.1 Å². The number of nitrogens with zero attached hydrogens (tertiary/aromatic N) is 2. The average molecular weight is 468 g/mol. The molecule has 0 radical (unpaired) electrons. The van der Waals surface area contributed by atoms with Crippen molar-refractivity contribution in [2.45, 2.75) is 25.2 Å². The number of nitrogens with one attached hydrogen (secondary N) is 3. The van der Waals surface area contributed by atoms with E-state index in [4.69, 9.17) is 5.73 Å². The number of pyridine rings is 1. The molecule has 0 saturated carbocycles. The SMILES string of the molecule is CC(O)(N=C(N)NC(=O)Cc1cncc2[nH]c(=O)[nH]c(=O)c12)c1ccc(C(F)(F)F)c(F)c1. The first-order valence-corrected chi connectivity index (χ1v) is 9.12. The van der Waals surface area contributed by atoms with E-state index in [1.807, 2.05) is 4.98 Å². The van der Waals surface area contributed by atoms with E-state index in [2.05, 4.69) is 20.3 Å². The number of benzene rings is 1. The minimum atomic E-state index is -4.92. The lowest BCUT2D eigenvalue weighted by atomic mass is 10.0. The molecule has 0 bridgehead atoms. The molecule has 1 atom stereocenters. The molecule has 174 valence electrons. The smallest absolute Gasteiger partial charge is 0.370 e. The number of aliphatic imine (C=N–C) groups is 1. The Morgan fingerprint density at radius 2 is 1.94 bits per heavy atom. The van der Waals surface area contributed by atoms with E-state index in [0.29, 0.717) is 12.1 Å². The standard InChI is InChI=1S/C19H16F4N6O4/c1-18(33,9-2-3-10(11(20)5-9)19(21,22)23)29-16(24)27-13(30)4-8-6-25-7-12-14(8)15(31)28-17(32)26-12/h2-3,5-7,33H,4H2,1H3,(H3,24,27,29,30)(H2,26,28,31,32). The van der Waals surface area contributed by atoms with Gasteiger partial charge in [0.05, 0.1) is 29.1 Å². The predicted octanol–water partition coefficient (Wildman–Crippen LogP) is 0.608. The second-order valence-electron chi connectivity index (χ2n) is 7.06. The zero-order valence-electron chi connectivity index (χ0n) is 16.7. The molecule has 10 nitrogen and oxygen atoms in total. The second-order valence-corrected chi connectivity index (χ2v) is 7.06. The number of hydrogen-bond donors (Lipinski definition) is 5. The molecule has 33 heavy (non-hydrogen) atoms. The Balaban J connectivity index is 1.80. The number of aliphatic hydroxyl groups is 1. The highest BCUT2D eigenvalue weighted by molar-refractivity contribution is 5.98. The number of alkyl halides is 3. The molecule has 6 N–H and O–H groups in total. The van der Waals surface area contributed by atoms with Gasteiger partial charge < -0.3 is 15.8 Å². The van der Waals surface area contributed by atoms with Crippen LogP contribution in [0.25, 0.3) is 10.9 Å². The largest absolute Gasteiger partial charge is 0.419 e. The minimum Gasteiger partial charge on any atom is -0.370 e. The number of fused-ring (bicyclic) bond motifs is 1. The lowest BCUT2D eigenvalue weighted by Gasteiger charge is -2.21. The first kappa shape index (κ1) is 23.6. The van der Waals surface area contributed by atoms with E-state index in [9.17, 15) is 37.1 Å². The van der Waals surface area contributed by atoms with E-state index in [0.717, 1.165) is 13.0 Å². The van der Waals surface area contributed by atoms with E-state index in [1.165, 1.54) is 12.4 Å². The van der Waals surface area contributed by atoms with Gasteiger partial charge in [0.15, 0.2) is 11.7 Å². The number of carbonyl (C=O) groups excluding carboxylic acids is 1. The lowest BCUT2D eigenvalue weighted by Crippen LogP contribution is -2.40. The first-order chi connectivity index (χ1) is 15.3. The number of nitrogens with two attached hydrogens (primary N) is 1. The minimum absolute atomic E-state index is 0.0162. The molecule has 0 spiro atoms. The average Bonchev–Trinajstić information content (AvgIpc) is 2.65. The van der Waals surface area contributed by atoms with Crippen LogP contribution in [0.3, 0.4) is 0 Å². The van der Waals surface area contributed by atoms with Crippen LogP contribution in [0.15, 0.2) is 45.2 Å². The molecule has 0 aliphatic carbocycles. The number of rotatable bonds is 4. The number of aromatic nitrogens is 3. The lowest BCUT2D eigenvalue weighted by molar-refractivity contribution is -0.140. The van der Waals surface area contributed by atoms with Gasteiger partial charge >= 0.3 is 11.9 Å². The van der Waals surface area contributed by atoms with Crippen molar-refractivity contribution < 1.29 is 27.5 Å². The molecule has 0 fully saturated rings. The van der Waals surface area contributed by atoms with Gasteiger partial charge in [-0.25, -0.2) is 14.2 Å². The number of guanidine groups is 1. The fourth-order valence-electron chi connectivity index (χ4n) is 3.05. The van der Waals surface area contributed by atoms with E-state index >= 15 is 0 Å². The summed E-state index contributed by atoms with van der Waals surface area (Å²) in [6, 6.07) is 1.72. The number of aromatic amines is 2. The quantitative estimate of drug-likeness (QED) is 0.214. The molecule has 3 rings (SSSR count). The highest BCUT2D eigenvalue weighted by Gasteiger charge is 2.35. The highest BCUT2D eigenvalue weighted by Crippen LogP contribution is 2.33. The monoisotopic (exact) mass is 468 g/mol. The molecule has 2 aromatic heterocycles. The normalized spacial score (nSPS) is 14.2. The maximum absolute atomic E-state index is 13.8. The van der Waals surface area contributed by atoms with Crippen molar-refractivity contribution >= 4 is 22.8 Å². The summed E-state index contributed by atoms with van der Waals surface area (Å²) >= 11 is 0. The molecule has 0 aliphatic heterocycles. The fraction of sp³-hybridized carbons (Fsp3) is 0.211. The van der Waals surface area contributed by atoms with Gasteiger partial charge in [-0.15, -0.1) is 0 Å². The van der Waals surface area contributed by atoms with Crippen molar-refractivity contribution in [2.24, 2.45) is 10.7 Å². The van der Waals surface area contributed by atoms with Gasteiger partial charge in [-0.1, -0.05) is 6.07 Å². The zero-order valence-corrected chi connectivity index (χ0v) is 16.7. The number of halogens is 4. The Labute approximate surface area is 181 Å². The number of H-pyrrole nitrogens is 2. The molecule has 0 aliphatic rings. The molecular weight excluding hydrogens is 452 g/mol. The molecular formula is C19H16F4N6O4. The van der Waals surface area contributed by atoms with Crippen LogP contribution in [-0.4, -0.2) is 31.9 Å². The van der Waals surface area contributed by atoms with E-state index in [1.54, 1.807) is 0 Å². The van der Waals surface area contributed by atoms with Gasteiger partial charge in [0, 0.05) is 11.8 Å². The van der Waals surface area contributed by atoms with Crippen LogP contribution >= 0.6 is 0 Å². The van der Waals surface area contributed by atoms with E-state index < -0.39 is 52.8 Å². The Hall–Kier alpha value is -4.07. The highest BCUT2D eigenvalue weighted by atomic mass is 19.4. The maximum Gasteiger partial charge on any atom is 0.419 e. The Morgan fingerprint density at radius 1 is 1.24 bits per heavy atom. The van der Waals surface area contributed by atoms with E-state index in [-0.39, 0.29) is 22.0 Å². The molecule has 1 unspecified atom stereocenters. The fourth-order valence-corrected chi connectivity index (χ4v) is 3.05. The van der Waals surface area contributed by atoms with Gasteiger partial charge in [0.25, 0.3) is 5.56 Å². The number of amides is 1. The third-order valence-corrected chi connectivity index (χ3v) is 4.50. The van der Waals surface area contributed by atoms with Crippen LogP contribution in [0, 0.1) is 5.82 Å². The van der Waals surface area contributed by atoms with Gasteiger partial charge in [0.1, 0.15) is 5.82 Å². The summed E-state index contributed by atoms with van der Waals surface area (Å²) in [5.74, 6) is -3.03. The molecule has 3 aromatic rings. The molecule has 14 heteroatoms.